The minimum absolute atomic E-state index is 0. The van der Waals surface area contributed by atoms with E-state index in [1.807, 2.05) is 0 Å². The number of hydrogen-bond acceptors (Lipinski definition) is 1. The summed E-state index contributed by atoms with van der Waals surface area (Å²) in [7, 11) is 0. The molecule has 0 spiro atoms. The van der Waals surface area contributed by atoms with Gasteiger partial charge in [-0.2, -0.15) is 0 Å². The molecule has 0 unspecified atom stereocenters. The summed E-state index contributed by atoms with van der Waals surface area (Å²) in [4.78, 5) is 0. The molecule has 40 valence electrons. The molecule has 2 heteroatoms. The van der Waals surface area contributed by atoms with Gasteiger partial charge < -0.3 is 5.32 Å². The first-order valence-electron chi connectivity index (χ1n) is 2.12. The van der Waals surface area contributed by atoms with Crippen molar-refractivity contribution in [2.75, 3.05) is 13.1 Å². The van der Waals surface area contributed by atoms with Crippen molar-refractivity contribution in [2.45, 2.75) is 13.8 Å². The Bertz CT molecular complexity index is 15.0. The second-order valence-corrected chi connectivity index (χ2v) is 0.957. The van der Waals surface area contributed by atoms with Gasteiger partial charge in [-0.25, -0.2) is 0 Å². The van der Waals surface area contributed by atoms with Crippen LogP contribution >= 0.6 is 17.0 Å². The third-order valence-electron chi connectivity index (χ3n) is 0.500. The lowest BCUT2D eigenvalue weighted by Gasteiger charge is -1.86. The fourth-order valence-electron chi connectivity index (χ4n) is 0.250. The van der Waals surface area contributed by atoms with Gasteiger partial charge in [0.2, 0.25) is 0 Å². The van der Waals surface area contributed by atoms with Crippen LogP contribution in [0.25, 0.3) is 0 Å². The van der Waals surface area contributed by atoms with Crippen LogP contribution in [0.15, 0.2) is 0 Å². The first kappa shape index (κ1) is 9.67. The van der Waals surface area contributed by atoms with Crippen LogP contribution in [0.4, 0.5) is 0 Å². The maximum absolute atomic E-state index is 3.11. The van der Waals surface area contributed by atoms with Crippen molar-refractivity contribution in [3.05, 3.63) is 0 Å². The van der Waals surface area contributed by atoms with Crippen LogP contribution in [-0.2, 0) is 0 Å². The number of halogens is 1. The van der Waals surface area contributed by atoms with E-state index in [2.05, 4.69) is 19.2 Å². The summed E-state index contributed by atoms with van der Waals surface area (Å²) < 4.78 is 0. The summed E-state index contributed by atoms with van der Waals surface area (Å²) in [5, 5.41) is 3.11. The first-order chi connectivity index (χ1) is 2.41. The van der Waals surface area contributed by atoms with E-state index < -0.39 is 0 Å². The molecule has 0 aromatic carbocycles. The molecule has 0 aliphatic rings. The van der Waals surface area contributed by atoms with Crippen LogP contribution < -0.4 is 5.32 Å². The smallest absolute Gasteiger partial charge is 0.00775 e. The lowest BCUT2D eigenvalue weighted by Crippen LogP contribution is -2.09. The molecule has 0 fully saturated rings. The average molecular weight is 155 g/mol. The number of nitrogens with one attached hydrogen (secondary N) is 1. The quantitative estimate of drug-likeness (QED) is 0.590. The third kappa shape index (κ3) is 8.83. The van der Waals surface area contributed by atoms with Crippen molar-refractivity contribution in [3.63, 3.8) is 0 Å². The van der Waals surface area contributed by atoms with Gasteiger partial charge in [-0.1, -0.05) is 13.8 Å². The van der Waals surface area contributed by atoms with Gasteiger partial charge in [0.1, 0.15) is 0 Å². The zero-order chi connectivity index (χ0) is 4.12. The van der Waals surface area contributed by atoms with E-state index >= 15 is 0 Å². The molecule has 0 aromatic rings. The van der Waals surface area contributed by atoms with Crippen molar-refractivity contribution in [2.24, 2.45) is 0 Å². The van der Waals surface area contributed by atoms with E-state index in [1.54, 1.807) is 0 Å². The highest BCUT2D eigenvalue weighted by Crippen LogP contribution is 1.47. The minimum atomic E-state index is 0. The molecule has 6 heavy (non-hydrogen) atoms. The molecule has 0 amide bonds. The Morgan fingerprint density at radius 3 is 1.50 bits per heavy atom. The normalized spacial score (nSPS) is 7.00. The van der Waals surface area contributed by atoms with Gasteiger partial charge in [-0.3, -0.25) is 0 Å². The molecular weight excluding hydrogens is 143 g/mol. The molecule has 0 saturated carbocycles. The molecule has 0 aliphatic carbocycles. The Labute approximate surface area is 49.9 Å². The predicted molar refractivity (Wildman–Crippen MR) is 34.5 cm³/mol. The standard InChI is InChI=1S/C4H11N.BrH/c1-3-5-4-2;/h5H,3-4H2,1-2H3;1H/i5+1;. The molecule has 0 atom stereocenters. The Morgan fingerprint density at radius 1 is 1.17 bits per heavy atom. The van der Waals surface area contributed by atoms with Crippen molar-refractivity contribution in [1.29, 1.82) is 0 Å². The Morgan fingerprint density at radius 2 is 1.50 bits per heavy atom. The van der Waals surface area contributed by atoms with Crippen molar-refractivity contribution in [3.8, 4) is 0 Å². The highest BCUT2D eigenvalue weighted by molar-refractivity contribution is 8.93. The van der Waals surface area contributed by atoms with Gasteiger partial charge >= 0.3 is 0 Å². The molecule has 0 aliphatic heterocycles. The van der Waals surface area contributed by atoms with E-state index in [9.17, 15) is 0 Å². The molecule has 0 aromatic heterocycles. The molecule has 1 N–H and O–H groups in total. The molecule has 0 heterocycles. The fourth-order valence-corrected chi connectivity index (χ4v) is 0.250. The zero-order valence-electron chi connectivity index (χ0n) is 4.32. The van der Waals surface area contributed by atoms with Crippen LogP contribution in [0.1, 0.15) is 13.8 Å². The van der Waals surface area contributed by atoms with Crippen molar-refractivity contribution in [1.82, 2.24) is 5.32 Å². The Balaban J connectivity index is 0. The third-order valence-corrected chi connectivity index (χ3v) is 0.500. The lowest BCUT2D eigenvalue weighted by molar-refractivity contribution is 0.762. The molecule has 1 nitrogen and oxygen atoms in total. The fraction of sp³-hybridized carbons (Fsp3) is 1.00. The van der Waals surface area contributed by atoms with Crippen molar-refractivity contribution < 1.29 is 0 Å². The second kappa shape index (κ2) is 9.06. The summed E-state index contributed by atoms with van der Waals surface area (Å²) in [5.74, 6) is 0. The lowest BCUT2D eigenvalue weighted by atomic mass is 10.7. The predicted octanol–water partition coefficient (Wildman–Crippen LogP) is 1.19. The van der Waals surface area contributed by atoms with E-state index in [1.165, 1.54) is 0 Å². The van der Waals surface area contributed by atoms with Crippen LogP contribution in [0.2, 0.25) is 0 Å². The zero-order valence-corrected chi connectivity index (χ0v) is 6.04. The van der Waals surface area contributed by atoms with Crippen molar-refractivity contribution >= 4 is 17.0 Å². The SMILES string of the molecule is Br.CC[15NH]CC. The van der Waals surface area contributed by atoms with Gasteiger partial charge in [0.15, 0.2) is 0 Å². The average Bonchev–Trinajstić information content (AvgIpc) is 1.41. The summed E-state index contributed by atoms with van der Waals surface area (Å²) in [6, 6.07) is 0. The molecule has 0 bridgehead atoms. The van der Waals surface area contributed by atoms with Crippen LogP contribution in [0.3, 0.4) is 0 Å². The number of rotatable bonds is 2. The summed E-state index contributed by atoms with van der Waals surface area (Å²) in [5.41, 5.74) is 0. The highest BCUT2D eigenvalue weighted by atomic mass is 79.9. The molecular formula is C4H12BrN. The van der Waals surface area contributed by atoms with Gasteiger partial charge in [-0.15, -0.1) is 17.0 Å². The number of hydrogen-bond donors (Lipinski definition) is 1. The molecule has 0 rings (SSSR count). The largest absolute Gasteiger partial charge is 0.317 e. The van der Waals surface area contributed by atoms with E-state index in [-0.39, 0.29) is 17.0 Å². The minimum Gasteiger partial charge on any atom is -0.317 e. The summed E-state index contributed by atoms with van der Waals surface area (Å²) in [6.45, 7) is 6.39. The molecule has 0 radical (unpaired) electrons. The van der Waals surface area contributed by atoms with Gasteiger partial charge in [0.05, 0.1) is 0 Å². The summed E-state index contributed by atoms with van der Waals surface area (Å²) in [6.07, 6.45) is 0. The van der Waals surface area contributed by atoms with Crippen LogP contribution in [0, 0.1) is 0 Å². The van der Waals surface area contributed by atoms with Crippen LogP contribution in [-0.4, -0.2) is 13.1 Å². The maximum Gasteiger partial charge on any atom is -0.00775 e. The van der Waals surface area contributed by atoms with Gasteiger partial charge in [0, 0.05) is 0 Å². The first-order valence-corrected chi connectivity index (χ1v) is 2.12. The Kier molecular flexibility index (Phi) is 14.6. The van der Waals surface area contributed by atoms with E-state index in [0.29, 0.717) is 0 Å². The van der Waals surface area contributed by atoms with Gasteiger partial charge in [-0.05, 0) is 13.1 Å². The van der Waals surface area contributed by atoms with Gasteiger partial charge in [0.25, 0.3) is 0 Å². The molecule has 0 saturated heterocycles. The monoisotopic (exact) mass is 154 g/mol. The topological polar surface area (TPSA) is 12.0 Å². The van der Waals surface area contributed by atoms with E-state index in [4.69, 9.17) is 0 Å². The van der Waals surface area contributed by atoms with Crippen LogP contribution in [0.5, 0.6) is 0 Å². The maximum atomic E-state index is 3.11. The summed E-state index contributed by atoms with van der Waals surface area (Å²) >= 11 is 0. The van der Waals surface area contributed by atoms with E-state index in [0.717, 1.165) is 13.1 Å². The second-order valence-electron chi connectivity index (χ2n) is 0.957. The Hall–Kier alpha value is 0.440. The highest BCUT2D eigenvalue weighted by Gasteiger charge is 1.62.